The molecule has 3 rings (SSSR count). The van der Waals surface area contributed by atoms with Crippen LogP contribution in [-0.2, 0) is 9.53 Å². The normalized spacial score (nSPS) is 21.0. The zero-order valence-corrected chi connectivity index (χ0v) is 12.0. The molecule has 2 aromatic rings. The number of amides is 1. The first kappa shape index (κ1) is 14.4. The van der Waals surface area contributed by atoms with E-state index in [9.17, 15) is 14.9 Å². The first-order valence-electron chi connectivity index (χ1n) is 7.02. The molecule has 7 heteroatoms. The SMILES string of the molecule is C[C@@H]1CCO[C@H]1C(=O)Nc1ccc([N+](=O)[O-])c2ncccc12. The number of non-ortho nitro benzene ring substituents is 1. The number of carbonyl (C=O) groups excluding carboxylic acids is 1. The summed E-state index contributed by atoms with van der Waals surface area (Å²) in [6.07, 6.45) is 1.85. The minimum Gasteiger partial charge on any atom is -0.368 e. The maximum Gasteiger partial charge on any atom is 0.295 e. The van der Waals surface area contributed by atoms with Crippen molar-refractivity contribution in [1.82, 2.24) is 4.98 Å². The Morgan fingerprint density at radius 3 is 2.95 bits per heavy atom. The maximum absolute atomic E-state index is 12.3. The van der Waals surface area contributed by atoms with Crippen molar-refractivity contribution < 1.29 is 14.5 Å². The van der Waals surface area contributed by atoms with Crippen LogP contribution in [0.1, 0.15) is 13.3 Å². The second-order valence-electron chi connectivity index (χ2n) is 5.34. The fraction of sp³-hybridized carbons (Fsp3) is 0.333. The molecule has 1 fully saturated rings. The lowest BCUT2D eigenvalue weighted by Gasteiger charge is -2.15. The Labute approximate surface area is 126 Å². The predicted molar refractivity (Wildman–Crippen MR) is 80.5 cm³/mol. The molecule has 7 nitrogen and oxygen atoms in total. The number of benzene rings is 1. The van der Waals surface area contributed by atoms with E-state index in [2.05, 4.69) is 10.3 Å². The fourth-order valence-electron chi connectivity index (χ4n) is 2.65. The van der Waals surface area contributed by atoms with Gasteiger partial charge in [0.25, 0.3) is 11.6 Å². The molecular weight excluding hydrogens is 286 g/mol. The van der Waals surface area contributed by atoms with E-state index >= 15 is 0 Å². The van der Waals surface area contributed by atoms with Crippen LogP contribution in [0.3, 0.4) is 0 Å². The molecule has 0 unspecified atom stereocenters. The van der Waals surface area contributed by atoms with Gasteiger partial charge >= 0.3 is 0 Å². The number of hydrogen-bond acceptors (Lipinski definition) is 5. The molecule has 0 spiro atoms. The van der Waals surface area contributed by atoms with Gasteiger partial charge in [0.1, 0.15) is 11.6 Å². The maximum atomic E-state index is 12.3. The highest BCUT2D eigenvalue weighted by Gasteiger charge is 2.31. The molecule has 1 aliphatic rings. The van der Waals surface area contributed by atoms with E-state index in [0.29, 0.717) is 17.7 Å². The highest BCUT2D eigenvalue weighted by molar-refractivity contribution is 6.05. The smallest absolute Gasteiger partial charge is 0.295 e. The van der Waals surface area contributed by atoms with Crippen LogP contribution in [0.5, 0.6) is 0 Å². The molecule has 0 aliphatic carbocycles. The van der Waals surface area contributed by atoms with Gasteiger partial charge in [-0.1, -0.05) is 6.92 Å². The molecule has 2 heterocycles. The van der Waals surface area contributed by atoms with E-state index in [1.54, 1.807) is 12.1 Å². The second-order valence-corrected chi connectivity index (χ2v) is 5.34. The highest BCUT2D eigenvalue weighted by Crippen LogP contribution is 2.30. The number of nitro groups is 1. The average Bonchev–Trinajstić information content (AvgIpc) is 2.93. The van der Waals surface area contributed by atoms with Crippen molar-refractivity contribution in [3.8, 4) is 0 Å². The van der Waals surface area contributed by atoms with Crippen LogP contribution in [0.2, 0.25) is 0 Å². The number of rotatable bonds is 3. The van der Waals surface area contributed by atoms with E-state index in [4.69, 9.17) is 4.74 Å². The van der Waals surface area contributed by atoms with Crippen molar-refractivity contribution in [2.45, 2.75) is 19.4 Å². The quantitative estimate of drug-likeness (QED) is 0.694. The number of pyridine rings is 1. The lowest BCUT2D eigenvalue weighted by atomic mass is 10.0. The highest BCUT2D eigenvalue weighted by atomic mass is 16.6. The van der Waals surface area contributed by atoms with Gasteiger partial charge < -0.3 is 10.1 Å². The average molecular weight is 301 g/mol. The Hall–Kier alpha value is -2.54. The topological polar surface area (TPSA) is 94.4 Å². The van der Waals surface area contributed by atoms with Crippen molar-refractivity contribution >= 4 is 28.2 Å². The number of carbonyl (C=O) groups is 1. The Balaban J connectivity index is 1.96. The summed E-state index contributed by atoms with van der Waals surface area (Å²) in [6, 6.07) is 6.25. The molecule has 1 amide bonds. The van der Waals surface area contributed by atoms with E-state index in [-0.39, 0.29) is 23.0 Å². The number of hydrogen-bond donors (Lipinski definition) is 1. The van der Waals surface area contributed by atoms with Crippen LogP contribution >= 0.6 is 0 Å². The summed E-state index contributed by atoms with van der Waals surface area (Å²) in [5.74, 6) is -0.0774. The summed E-state index contributed by atoms with van der Waals surface area (Å²) >= 11 is 0. The van der Waals surface area contributed by atoms with Crippen LogP contribution < -0.4 is 5.32 Å². The number of nitrogens with one attached hydrogen (secondary N) is 1. The largest absolute Gasteiger partial charge is 0.368 e. The molecule has 0 saturated carbocycles. The number of ether oxygens (including phenoxy) is 1. The zero-order chi connectivity index (χ0) is 15.7. The van der Waals surface area contributed by atoms with Gasteiger partial charge in [-0.2, -0.15) is 0 Å². The van der Waals surface area contributed by atoms with Crippen LogP contribution in [0.4, 0.5) is 11.4 Å². The van der Waals surface area contributed by atoms with Crippen molar-refractivity contribution in [1.29, 1.82) is 0 Å². The van der Waals surface area contributed by atoms with Gasteiger partial charge in [-0.05, 0) is 30.5 Å². The van der Waals surface area contributed by atoms with Gasteiger partial charge in [-0.3, -0.25) is 14.9 Å². The third-order valence-electron chi connectivity index (χ3n) is 3.85. The summed E-state index contributed by atoms with van der Waals surface area (Å²) < 4.78 is 5.44. The van der Waals surface area contributed by atoms with Crippen molar-refractivity contribution in [2.24, 2.45) is 5.92 Å². The molecule has 1 N–H and O–H groups in total. The van der Waals surface area contributed by atoms with Crippen molar-refractivity contribution in [3.05, 3.63) is 40.6 Å². The van der Waals surface area contributed by atoms with E-state index in [0.717, 1.165) is 6.42 Å². The van der Waals surface area contributed by atoms with Crippen molar-refractivity contribution in [3.63, 3.8) is 0 Å². The van der Waals surface area contributed by atoms with Crippen LogP contribution in [0.25, 0.3) is 10.9 Å². The molecule has 1 saturated heterocycles. The van der Waals surface area contributed by atoms with Gasteiger partial charge in [-0.25, -0.2) is 4.98 Å². The number of aromatic nitrogens is 1. The monoisotopic (exact) mass is 301 g/mol. The Morgan fingerprint density at radius 1 is 1.45 bits per heavy atom. The van der Waals surface area contributed by atoms with Crippen LogP contribution in [0.15, 0.2) is 30.5 Å². The van der Waals surface area contributed by atoms with Crippen LogP contribution in [-0.4, -0.2) is 28.5 Å². The Bertz CT molecular complexity index is 747. The molecule has 22 heavy (non-hydrogen) atoms. The summed E-state index contributed by atoms with van der Waals surface area (Å²) in [4.78, 5) is 26.9. The molecular formula is C15H15N3O4. The molecule has 1 aliphatic heterocycles. The van der Waals surface area contributed by atoms with Crippen LogP contribution in [0, 0.1) is 16.0 Å². The molecule has 0 bridgehead atoms. The summed E-state index contributed by atoms with van der Waals surface area (Å²) in [5.41, 5.74) is 0.672. The Morgan fingerprint density at radius 2 is 2.27 bits per heavy atom. The summed E-state index contributed by atoms with van der Waals surface area (Å²) in [7, 11) is 0. The van der Waals surface area contributed by atoms with E-state index in [1.807, 2.05) is 6.92 Å². The second kappa shape index (κ2) is 5.69. The molecule has 2 atom stereocenters. The molecule has 1 aromatic heterocycles. The molecule has 114 valence electrons. The minimum atomic E-state index is -0.484. The van der Waals surface area contributed by atoms with E-state index in [1.165, 1.54) is 18.3 Å². The molecule has 1 aromatic carbocycles. The van der Waals surface area contributed by atoms with Gasteiger partial charge in [0.05, 0.1) is 10.6 Å². The molecule has 0 radical (unpaired) electrons. The van der Waals surface area contributed by atoms with Gasteiger partial charge in [0, 0.05) is 24.3 Å². The van der Waals surface area contributed by atoms with Crippen molar-refractivity contribution in [2.75, 3.05) is 11.9 Å². The van der Waals surface area contributed by atoms with Gasteiger partial charge in [0.2, 0.25) is 0 Å². The fourth-order valence-corrected chi connectivity index (χ4v) is 2.65. The summed E-state index contributed by atoms with van der Waals surface area (Å²) in [6.45, 7) is 2.54. The third-order valence-corrected chi connectivity index (χ3v) is 3.85. The van der Waals surface area contributed by atoms with Gasteiger partial charge in [-0.15, -0.1) is 0 Å². The standard InChI is InChI=1S/C15H15N3O4/c1-9-6-8-22-14(9)15(19)17-11-4-5-12(18(20)21)13-10(11)3-2-7-16-13/h2-5,7,9,14H,6,8H2,1H3,(H,17,19)/t9-,14-/m1/s1. The number of nitrogens with zero attached hydrogens (tertiary/aromatic N) is 2. The zero-order valence-electron chi connectivity index (χ0n) is 12.0. The van der Waals surface area contributed by atoms with E-state index < -0.39 is 11.0 Å². The first-order valence-corrected chi connectivity index (χ1v) is 7.02. The first-order chi connectivity index (χ1) is 10.6. The lowest BCUT2D eigenvalue weighted by Crippen LogP contribution is -2.31. The predicted octanol–water partition coefficient (Wildman–Crippen LogP) is 2.51. The number of fused-ring (bicyclic) bond motifs is 1. The lowest BCUT2D eigenvalue weighted by molar-refractivity contribution is -0.383. The van der Waals surface area contributed by atoms with Gasteiger partial charge in [0.15, 0.2) is 0 Å². The minimum absolute atomic E-state index is 0.0842. The summed E-state index contributed by atoms with van der Waals surface area (Å²) in [5, 5.41) is 14.4. The number of anilines is 1. The number of nitro benzene ring substituents is 1. The third kappa shape index (κ3) is 2.50. The Kier molecular flexibility index (Phi) is 3.72.